The fraction of sp³-hybridized carbons (Fsp3) is 0.250. The maximum atomic E-state index is 12.3. The molecule has 1 N–H and O–H groups in total. The van der Waals surface area contributed by atoms with Crippen LogP contribution in [0.5, 0.6) is 11.5 Å². The van der Waals surface area contributed by atoms with Crippen LogP contribution in [0.4, 0.5) is 0 Å². The first-order valence-corrected chi connectivity index (χ1v) is 8.79. The van der Waals surface area contributed by atoms with Crippen molar-refractivity contribution in [2.24, 2.45) is 5.10 Å². The molecule has 2 aliphatic rings. The number of fused-ring (bicyclic) bond motifs is 2. The van der Waals surface area contributed by atoms with E-state index in [1.807, 2.05) is 18.2 Å². The summed E-state index contributed by atoms with van der Waals surface area (Å²) >= 11 is 0. The molecule has 2 heterocycles. The van der Waals surface area contributed by atoms with Gasteiger partial charge in [-0.2, -0.15) is 5.10 Å². The molecular formula is C20H19N3O4. The van der Waals surface area contributed by atoms with E-state index in [0.29, 0.717) is 37.8 Å². The van der Waals surface area contributed by atoms with Gasteiger partial charge in [-0.3, -0.25) is 9.59 Å². The first-order chi connectivity index (χ1) is 13.2. The lowest BCUT2D eigenvalue weighted by molar-refractivity contribution is -0.146. The van der Waals surface area contributed by atoms with Gasteiger partial charge in [0.2, 0.25) is 0 Å². The van der Waals surface area contributed by atoms with Crippen LogP contribution in [0.2, 0.25) is 0 Å². The van der Waals surface area contributed by atoms with Crippen molar-refractivity contribution in [2.45, 2.75) is 13.0 Å². The highest BCUT2D eigenvalue weighted by molar-refractivity contribution is 6.35. The SMILES string of the molecule is O=C(N/N=C\c1ccc2c(c1)OCCO2)C(=O)N1CCc2ccccc2C1. The molecule has 0 fully saturated rings. The molecule has 0 unspecified atom stereocenters. The van der Waals surface area contributed by atoms with Crippen molar-refractivity contribution in [1.82, 2.24) is 10.3 Å². The topological polar surface area (TPSA) is 80.2 Å². The minimum atomic E-state index is -0.747. The number of hydrazone groups is 1. The first-order valence-electron chi connectivity index (χ1n) is 8.79. The van der Waals surface area contributed by atoms with E-state index in [1.165, 1.54) is 16.7 Å². The van der Waals surface area contributed by atoms with Crippen LogP contribution < -0.4 is 14.9 Å². The number of nitrogens with zero attached hydrogens (tertiary/aromatic N) is 2. The van der Waals surface area contributed by atoms with Gasteiger partial charge in [-0.25, -0.2) is 5.43 Å². The molecule has 27 heavy (non-hydrogen) atoms. The van der Waals surface area contributed by atoms with E-state index < -0.39 is 11.8 Å². The number of hydrogen-bond acceptors (Lipinski definition) is 5. The fourth-order valence-electron chi connectivity index (χ4n) is 3.17. The Kier molecular flexibility index (Phi) is 4.74. The third-order valence-corrected chi connectivity index (χ3v) is 4.56. The number of ether oxygens (including phenoxy) is 2. The van der Waals surface area contributed by atoms with Crippen LogP contribution >= 0.6 is 0 Å². The highest BCUT2D eigenvalue weighted by Gasteiger charge is 2.25. The van der Waals surface area contributed by atoms with Gasteiger partial charge in [-0.15, -0.1) is 0 Å². The molecule has 2 aliphatic heterocycles. The number of amides is 2. The van der Waals surface area contributed by atoms with Crippen molar-refractivity contribution >= 4 is 18.0 Å². The molecule has 0 bridgehead atoms. The summed E-state index contributed by atoms with van der Waals surface area (Å²) in [5.41, 5.74) is 5.33. The van der Waals surface area contributed by atoms with E-state index in [2.05, 4.69) is 16.6 Å². The lowest BCUT2D eigenvalue weighted by Gasteiger charge is -2.27. The molecule has 0 saturated heterocycles. The lowest BCUT2D eigenvalue weighted by atomic mass is 10.00. The molecule has 0 radical (unpaired) electrons. The molecule has 0 atom stereocenters. The van der Waals surface area contributed by atoms with E-state index in [1.54, 1.807) is 18.2 Å². The second-order valence-electron chi connectivity index (χ2n) is 6.35. The molecule has 7 nitrogen and oxygen atoms in total. The van der Waals surface area contributed by atoms with E-state index in [9.17, 15) is 9.59 Å². The predicted molar refractivity (Wildman–Crippen MR) is 98.7 cm³/mol. The summed E-state index contributed by atoms with van der Waals surface area (Å²) in [5.74, 6) is -0.00502. The Labute approximate surface area is 156 Å². The Morgan fingerprint density at radius 3 is 2.67 bits per heavy atom. The summed E-state index contributed by atoms with van der Waals surface area (Å²) in [4.78, 5) is 26.0. The number of carbonyl (C=O) groups excluding carboxylic acids is 2. The van der Waals surface area contributed by atoms with Crippen molar-refractivity contribution in [3.63, 3.8) is 0 Å². The highest BCUT2D eigenvalue weighted by Crippen LogP contribution is 2.30. The van der Waals surface area contributed by atoms with E-state index >= 15 is 0 Å². The number of rotatable bonds is 2. The summed E-state index contributed by atoms with van der Waals surface area (Å²) in [6.07, 6.45) is 2.21. The average molecular weight is 365 g/mol. The zero-order valence-corrected chi connectivity index (χ0v) is 14.7. The summed E-state index contributed by atoms with van der Waals surface area (Å²) in [6, 6.07) is 13.3. The van der Waals surface area contributed by atoms with Crippen LogP contribution in [0.15, 0.2) is 47.6 Å². The van der Waals surface area contributed by atoms with Crippen molar-refractivity contribution in [2.75, 3.05) is 19.8 Å². The maximum absolute atomic E-state index is 12.3. The van der Waals surface area contributed by atoms with Gasteiger partial charge in [0.1, 0.15) is 13.2 Å². The summed E-state index contributed by atoms with van der Waals surface area (Å²) < 4.78 is 11.0. The highest BCUT2D eigenvalue weighted by atomic mass is 16.6. The quantitative estimate of drug-likeness (QED) is 0.497. The second kappa shape index (κ2) is 7.49. The minimum Gasteiger partial charge on any atom is -0.486 e. The first kappa shape index (κ1) is 17.1. The van der Waals surface area contributed by atoms with Crippen LogP contribution in [0, 0.1) is 0 Å². The third kappa shape index (κ3) is 3.76. The second-order valence-corrected chi connectivity index (χ2v) is 6.35. The Hall–Kier alpha value is -3.35. The Balaban J connectivity index is 1.35. The van der Waals surface area contributed by atoms with E-state index in [0.717, 1.165) is 17.5 Å². The molecule has 2 aromatic carbocycles. The Bertz CT molecular complexity index is 910. The number of benzene rings is 2. The van der Waals surface area contributed by atoms with E-state index in [4.69, 9.17) is 9.47 Å². The molecular weight excluding hydrogens is 346 g/mol. The van der Waals surface area contributed by atoms with Crippen LogP contribution in [0.3, 0.4) is 0 Å². The molecule has 0 aliphatic carbocycles. The van der Waals surface area contributed by atoms with Crippen LogP contribution in [0.25, 0.3) is 0 Å². The molecule has 0 saturated carbocycles. The van der Waals surface area contributed by atoms with Crippen molar-refractivity contribution in [3.8, 4) is 11.5 Å². The molecule has 2 aromatic rings. The number of hydrogen-bond donors (Lipinski definition) is 1. The minimum absolute atomic E-state index is 0.439. The lowest BCUT2D eigenvalue weighted by Crippen LogP contribution is -2.43. The molecule has 0 spiro atoms. The number of nitrogens with one attached hydrogen (secondary N) is 1. The normalized spacial score (nSPS) is 15.3. The molecule has 138 valence electrons. The average Bonchev–Trinajstić information content (AvgIpc) is 2.72. The van der Waals surface area contributed by atoms with Gasteiger partial charge in [-0.05, 0) is 41.3 Å². The number of carbonyl (C=O) groups is 2. The predicted octanol–water partition coefficient (Wildman–Crippen LogP) is 1.49. The third-order valence-electron chi connectivity index (χ3n) is 4.56. The van der Waals surface area contributed by atoms with Gasteiger partial charge in [-0.1, -0.05) is 24.3 Å². The van der Waals surface area contributed by atoms with E-state index in [-0.39, 0.29) is 0 Å². The summed E-state index contributed by atoms with van der Waals surface area (Å²) in [6.45, 7) is 1.99. The maximum Gasteiger partial charge on any atom is 0.329 e. The summed E-state index contributed by atoms with van der Waals surface area (Å²) in [7, 11) is 0. The van der Waals surface area contributed by atoms with Crippen LogP contribution in [-0.2, 0) is 22.6 Å². The summed E-state index contributed by atoms with van der Waals surface area (Å²) in [5, 5.41) is 3.88. The van der Waals surface area contributed by atoms with Crippen molar-refractivity contribution in [3.05, 3.63) is 59.2 Å². The van der Waals surface area contributed by atoms with Gasteiger partial charge < -0.3 is 14.4 Å². The molecule has 4 rings (SSSR count). The van der Waals surface area contributed by atoms with Gasteiger partial charge in [0.05, 0.1) is 6.21 Å². The van der Waals surface area contributed by atoms with Crippen LogP contribution in [0.1, 0.15) is 16.7 Å². The molecule has 7 heteroatoms. The Morgan fingerprint density at radius 2 is 1.81 bits per heavy atom. The van der Waals surface area contributed by atoms with Gasteiger partial charge in [0.25, 0.3) is 0 Å². The largest absolute Gasteiger partial charge is 0.486 e. The smallest absolute Gasteiger partial charge is 0.329 e. The fourth-order valence-corrected chi connectivity index (χ4v) is 3.17. The van der Waals surface area contributed by atoms with Gasteiger partial charge >= 0.3 is 11.8 Å². The van der Waals surface area contributed by atoms with Gasteiger partial charge in [0, 0.05) is 13.1 Å². The standard InChI is InChI=1S/C20H19N3O4/c24-19(20(25)23-8-7-15-3-1-2-4-16(15)13-23)22-21-12-14-5-6-17-18(11-14)27-10-9-26-17/h1-6,11-12H,7-10,13H2,(H,22,24)/b21-12-. The molecule has 0 aromatic heterocycles. The van der Waals surface area contributed by atoms with Crippen molar-refractivity contribution < 1.29 is 19.1 Å². The zero-order chi connectivity index (χ0) is 18.6. The zero-order valence-electron chi connectivity index (χ0n) is 14.7. The molecule has 2 amide bonds. The Morgan fingerprint density at radius 1 is 1.04 bits per heavy atom. The van der Waals surface area contributed by atoms with Crippen molar-refractivity contribution in [1.29, 1.82) is 0 Å². The van der Waals surface area contributed by atoms with Crippen LogP contribution in [-0.4, -0.2) is 42.7 Å². The van der Waals surface area contributed by atoms with Gasteiger partial charge in [0.15, 0.2) is 11.5 Å². The monoisotopic (exact) mass is 365 g/mol.